The lowest BCUT2D eigenvalue weighted by atomic mass is 10.1. The van der Waals surface area contributed by atoms with Crippen LogP contribution in [-0.2, 0) is 6.54 Å². The van der Waals surface area contributed by atoms with Crippen LogP contribution in [0.4, 0.5) is 5.69 Å². The molecule has 2 aromatic rings. The van der Waals surface area contributed by atoms with Gasteiger partial charge in [-0.3, -0.25) is 0 Å². The summed E-state index contributed by atoms with van der Waals surface area (Å²) in [7, 11) is 1.63. The Morgan fingerprint density at radius 2 is 1.90 bits per heavy atom. The van der Waals surface area contributed by atoms with Gasteiger partial charge < -0.3 is 19.9 Å². The molecule has 2 aromatic carbocycles. The van der Waals surface area contributed by atoms with Gasteiger partial charge in [-0.25, -0.2) is 0 Å². The number of hydrogen-bond acceptors (Lipinski definition) is 4. The summed E-state index contributed by atoms with van der Waals surface area (Å²) in [4.78, 5) is 0. The summed E-state index contributed by atoms with van der Waals surface area (Å²) in [6.07, 6.45) is 0. The predicted octanol–water partition coefficient (Wildman–Crippen LogP) is 3.72. The van der Waals surface area contributed by atoms with Crippen molar-refractivity contribution in [3.05, 3.63) is 47.5 Å². The van der Waals surface area contributed by atoms with Gasteiger partial charge in [-0.05, 0) is 55.3 Å². The zero-order chi connectivity index (χ0) is 15.2. The molecular weight excluding hydrogens is 266 g/mol. The summed E-state index contributed by atoms with van der Waals surface area (Å²) in [6.45, 7) is 5.19. The molecule has 2 N–H and O–H groups in total. The van der Waals surface area contributed by atoms with Crippen LogP contribution in [0.15, 0.2) is 36.4 Å². The van der Waals surface area contributed by atoms with Crippen molar-refractivity contribution in [2.24, 2.45) is 0 Å². The van der Waals surface area contributed by atoms with Gasteiger partial charge in [0.2, 0.25) is 0 Å². The van der Waals surface area contributed by atoms with Crippen LogP contribution in [0.5, 0.6) is 17.2 Å². The van der Waals surface area contributed by atoms with E-state index in [9.17, 15) is 5.11 Å². The summed E-state index contributed by atoms with van der Waals surface area (Å²) >= 11 is 0. The molecular formula is C17H21NO3. The number of nitrogens with one attached hydrogen (secondary N) is 1. The number of phenolic OH excluding ortho intramolecular Hbond substituents is 1. The highest BCUT2D eigenvalue weighted by molar-refractivity contribution is 5.54. The number of aromatic hydroxyl groups is 1. The maximum atomic E-state index is 9.42. The molecule has 0 heterocycles. The lowest BCUT2D eigenvalue weighted by Gasteiger charge is -2.13. The largest absolute Gasteiger partial charge is 0.508 e. The quantitative estimate of drug-likeness (QED) is 0.795. The highest BCUT2D eigenvalue weighted by Crippen LogP contribution is 2.28. The minimum Gasteiger partial charge on any atom is -0.508 e. The Morgan fingerprint density at radius 1 is 1.10 bits per heavy atom. The summed E-state index contributed by atoms with van der Waals surface area (Å²) in [5.41, 5.74) is 3.11. The van der Waals surface area contributed by atoms with Crippen molar-refractivity contribution in [3.63, 3.8) is 0 Å². The molecule has 0 aromatic heterocycles. The number of benzene rings is 2. The first-order valence-corrected chi connectivity index (χ1v) is 6.97. The van der Waals surface area contributed by atoms with Crippen LogP contribution in [0.2, 0.25) is 0 Å². The minimum atomic E-state index is 0.279. The number of aryl methyl sites for hydroxylation is 1. The van der Waals surface area contributed by atoms with Crippen LogP contribution in [0.25, 0.3) is 0 Å². The highest BCUT2D eigenvalue weighted by Gasteiger charge is 2.06. The fourth-order valence-corrected chi connectivity index (χ4v) is 2.14. The van der Waals surface area contributed by atoms with E-state index in [1.807, 2.05) is 38.1 Å². The average Bonchev–Trinajstić information content (AvgIpc) is 2.47. The molecule has 0 saturated heterocycles. The molecule has 112 valence electrons. The van der Waals surface area contributed by atoms with Gasteiger partial charge in [-0.15, -0.1) is 0 Å². The predicted molar refractivity (Wildman–Crippen MR) is 84.3 cm³/mol. The first-order chi connectivity index (χ1) is 10.1. The molecule has 0 fully saturated rings. The van der Waals surface area contributed by atoms with Crippen LogP contribution in [0.1, 0.15) is 18.1 Å². The number of hydrogen-bond donors (Lipinski definition) is 2. The van der Waals surface area contributed by atoms with Crippen molar-refractivity contribution in [2.75, 3.05) is 19.0 Å². The van der Waals surface area contributed by atoms with Gasteiger partial charge in [0.1, 0.15) is 5.75 Å². The second kappa shape index (κ2) is 6.88. The highest BCUT2D eigenvalue weighted by atomic mass is 16.5. The Hall–Kier alpha value is -2.36. The second-order valence-corrected chi connectivity index (χ2v) is 4.77. The average molecular weight is 287 g/mol. The third-order valence-corrected chi connectivity index (χ3v) is 3.22. The number of rotatable bonds is 6. The van der Waals surface area contributed by atoms with Gasteiger partial charge in [0.05, 0.1) is 13.7 Å². The van der Waals surface area contributed by atoms with Gasteiger partial charge in [-0.2, -0.15) is 0 Å². The lowest BCUT2D eigenvalue weighted by molar-refractivity contribution is 0.310. The molecule has 0 bridgehead atoms. The van der Waals surface area contributed by atoms with E-state index in [0.717, 1.165) is 28.3 Å². The van der Waals surface area contributed by atoms with Crippen molar-refractivity contribution < 1.29 is 14.6 Å². The summed E-state index contributed by atoms with van der Waals surface area (Å²) in [6, 6.07) is 11.2. The molecule has 0 saturated carbocycles. The number of phenols is 1. The lowest BCUT2D eigenvalue weighted by Crippen LogP contribution is -2.02. The number of methoxy groups -OCH3 is 1. The van der Waals surface area contributed by atoms with Crippen molar-refractivity contribution in [2.45, 2.75) is 20.4 Å². The third kappa shape index (κ3) is 3.81. The molecule has 4 nitrogen and oxygen atoms in total. The van der Waals surface area contributed by atoms with Crippen molar-refractivity contribution in [3.8, 4) is 17.2 Å². The maximum Gasteiger partial charge on any atom is 0.161 e. The molecule has 0 unspecified atom stereocenters. The first kappa shape index (κ1) is 15.0. The van der Waals surface area contributed by atoms with Crippen molar-refractivity contribution in [1.82, 2.24) is 0 Å². The summed E-state index contributed by atoms with van der Waals surface area (Å²) < 4.78 is 10.8. The van der Waals surface area contributed by atoms with E-state index in [4.69, 9.17) is 9.47 Å². The molecule has 0 aliphatic carbocycles. The van der Waals surface area contributed by atoms with E-state index in [0.29, 0.717) is 13.2 Å². The van der Waals surface area contributed by atoms with E-state index in [1.54, 1.807) is 19.2 Å². The molecule has 0 radical (unpaired) electrons. The molecule has 21 heavy (non-hydrogen) atoms. The Kier molecular flexibility index (Phi) is 4.93. The Labute approximate surface area is 125 Å². The standard InChI is InChI=1S/C17H21NO3/c1-4-21-17-10-13(5-8-16(17)20-3)11-18-15-7-6-14(19)9-12(15)2/h5-10,18-19H,4,11H2,1-3H3. The van der Waals surface area contributed by atoms with Crippen molar-refractivity contribution >= 4 is 5.69 Å². The summed E-state index contributed by atoms with van der Waals surface area (Å²) in [5.74, 6) is 1.77. The third-order valence-electron chi connectivity index (χ3n) is 3.22. The van der Waals surface area contributed by atoms with Crippen LogP contribution in [-0.4, -0.2) is 18.8 Å². The van der Waals surface area contributed by atoms with Crippen LogP contribution in [0.3, 0.4) is 0 Å². The molecule has 0 spiro atoms. The Bertz CT molecular complexity index is 611. The van der Waals surface area contributed by atoms with Crippen molar-refractivity contribution in [1.29, 1.82) is 0 Å². The smallest absolute Gasteiger partial charge is 0.161 e. The summed E-state index contributed by atoms with van der Waals surface area (Å²) in [5, 5.41) is 12.8. The number of ether oxygens (including phenoxy) is 2. The van der Waals surface area contributed by atoms with E-state index >= 15 is 0 Å². The molecule has 0 amide bonds. The molecule has 4 heteroatoms. The van der Waals surface area contributed by atoms with Crippen LogP contribution in [0, 0.1) is 6.92 Å². The van der Waals surface area contributed by atoms with Gasteiger partial charge >= 0.3 is 0 Å². The maximum absolute atomic E-state index is 9.42. The monoisotopic (exact) mass is 287 g/mol. The molecule has 0 aliphatic heterocycles. The number of anilines is 1. The van der Waals surface area contributed by atoms with Crippen LogP contribution < -0.4 is 14.8 Å². The molecule has 0 aliphatic rings. The van der Waals surface area contributed by atoms with Gasteiger partial charge in [0, 0.05) is 12.2 Å². The van der Waals surface area contributed by atoms with Gasteiger partial charge in [0.25, 0.3) is 0 Å². The van der Waals surface area contributed by atoms with E-state index in [1.165, 1.54) is 0 Å². The SMILES string of the molecule is CCOc1cc(CNc2ccc(O)cc2C)ccc1OC. The van der Waals surface area contributed by atoms with Gasteiger partial charge in [0.15, 0.2) is 11.5 Å². The van der Waals surface area contributed by atoms with Crippen LogP contribution >= 0.6 is 0 Å². The molecule has 0 atom stereocenters. The Morgan fingerprint density at radius 3 is 2.57 bits per heavy atom. The van der Waals surface area contributed by atoms with E-state index in [2.05, 4.69) is 5.32 Å². The zero-order valence-corrected chi connectivity index (χ0v) is 12.6. The fraction of sp³-hybridized carbons (Fsp3) is 0.294. The normalized spacial score (nSPS) is 10.2. The topological polar surface area (TPSA) is 50.7 Å². The Balaban J connectivity index is 2.10. The first-order valence-electron chi connectivity index (χ1n) is 6.97. The van der Waals surface area contributed by atoms with E-state index < -0.39 is 0 Å². The van der Waals surface area contributed by atoms with E-state index in [-0.39, 0.29) is 5.75 Å². The zero-order valence-electron chi connectivity index (χ0n) is 12.6. The second-order valence-electron chi connectivity index (χ2n) is 4.77. The minimum absolute atomic E-state index is 0.279. The molecule has 2 rings (SSSR count). The van der Waals surface area contributed by atoms with Gasteiger partial charge in [-0.1, -0.05) is 6.07 Å². The fourth-order valence-electron chi connectivity index (χ4n) is 2.14.